The van der Waals surface area contributed by atoms with E-state index in [9.17, 15) is 14.4 Å². The molecule has 0 radical (unpaired) electrons. The summed E-state index contributed by atoms with van der Waals surface area (Å²) in [6.07, 6.45) is 7.27. The minimum absolute atomic E-state index is 0.249. The van der Waals surface area contributed by atoms with Gasteiger partial charge in [-0.1, -0.05) is 13.0 Å². The maximum atomic E-state index is 12.8. The van der Waals surface area contributed by atoms with Crippen LogP contribution in [0.3, 0.4) is 0 Å². The second-order valence-corrected chi connectivity index (χ2v) is 8.58. The molecule has 3 heterocycles. The predicted octanol–water partition coefficient (Wildman–Crippen LogP) is 1.80. The van der Waals surface area contributed by atoms with Crippen LogP contribution in [0.2, 0.25) is 0 Å². The molecule has 1 aromatic heterocycles. The van der Waals surface area contributed by atoms with Crippen LogP contribution in [0.5, 0.6) is 0 Å². The van der Waals surface area contributed by atoms with Crippen LogP contribution in [0.15, 0.2) is 18.3 Å². The summed E-state index contributed by atoms with van der Waals surface area (Å²) in [6.45, 7) is 4.30. The fourth-order valence-electron chi connectivity index (χ4n) is 4.47. The van der Waals surface area contributed by atoms with Crippen LogP contribution in [0.4, 0.5) is 10.6 Å². The molecule has 1 aromatic rings. The molecule has 2 N–H and O–H groups in total. The van der Waals surface area contributed by atoms with Crippen molar-refractivity contribution in [1.29, 1.82) is 0 Å². The number of nitrogens with zero attached hydrogens (tertiary/aromatic N) is 3. The molecular formula is C21H29N5O3. The van der Waals surface area contributed by atoms with Gasteiger partial charge in [-0.15, -0.1) is 0 Å². The van der Waals surface area contributed by atoms with Gasteiger partial charge in [0.25, 0.3) is 5.91 Å². The zero-order valence-corrected chi connectivity index (χ0v) is 16.9. The van der Waals surface area contributed by atoms with Crippen LogP contribution in [0.25, 0.3) is 0 Å². The third-order valence-electron chi connectivity index (χ3n) is 6.40. The summed E-state index contributed by atoms with van der Waals surface area (Å²) >= 11 is 0. The largest absolute Gasteiger partial charge is 0.357 e. The molecule has 1 aliphatic carbocycles. The molecule has 0 bridgehead atoms. The number of hydrogen-bond acceptors (Lipinski definition) is 5. The van der Waals surface area contributed by atoms with Gasteiger partial charge < -0.3 is 15.5 Å². The molecule has 8 nitrogen and oxygen atoms in total. The van der Waals surface area contributed by atoms with Gasteiger partial charge in [0, 0.05) is 25.8 Å². The molecule has 0 unspecified atom stereocenters. The summed E-state index contributed by atoms with van der Waals surface area (Å²) in [4.78, 5) is 45.3. The van der Waals surface area contributed by atoms with Crippen molar-refractivity contribution in [2.75, 3.05) is 24.5 Å². The molecule has 4 amide bonds. The second kappa shape index (κ2) is 8.00. The lowest BCUT2D eigenvalue weighted by molar-refractivity contribution is -0.136. The molecular weight excluding hydrogens is 370 g/mol. The first-order chi connectivity index (χ1) is 14.0. The van der Waals surface area contributed by atoms with Gasteiger partial charge >= 0.3 is 6.03 Å². The first-order valence-corrected chi connectivity index (χ1v) is 10.6. The number of carbonyl (C=O) groups excluding carboxylic acids is 3. The monoisotopic (exact) mass is 399 g/mol. The molecule has 3 aliphatic rings. The Kier molecular flexibility index (Phi) is 5.43. The van der Waals surface area contributed by atoms with Crippen LogP contribution < -0.4 is 15.5 Å². The molecule has 29 heavy (non-hydrogen) atoms. The molecule has 1 saturated carbocycles. The van der Waals surface area contributed by atoms with E-state index in [1.165, 1.54) is 12.8 Å². The smallest absolute Gasteiger partial charge is 0.325 e. The van der Waals surface area contributed by atoms with Gasteiger partial charge in [-0.05, 0) is 56.1 Å². The minimum Gasteiger partial charge on any atom is -0.357 e. The van der Waals surface area contributed by atoms with Crippen molar-refractivity contribution in [3.63, 3.8) is 0 Å². The number of aromatic nitrogens is 1. The Morgan fingerprint density at radius 3 is 2.62 bits per heavy atom. The fourth-order valence-corrected chi connectivity index (χ4v) is 4.47. The number of carbonyl (C=O) groups is 3. The van der Waals surface area contributed by atoms with Crippen LogP contribution in [-0.2, 0) is 16.1 Å². The van der Waals surface area contributed by atoms with E-state index in [0.29, 0.717) is 25.3 Å². The highest BCUT2D eigenvalue weighted by molar-refractivity contribution is 6.09. The topological polar surface area (TPSA) is 94.6 Å². The highest BCUT2D eigenvalue weighted by Gasteiger charge is 2.52. The van der Waals surface area contributed by atoms with Crippen molar-refractivity contribution >= 4 is 23.7 Å². The van der Waals surface area contributed by atoms with Gasteiger partial charge in [-0.3, -0.25) is 14.5 Å². The van der Waals surface area contributed by atoms with Gasteiger partial charge in [0.2, 0.25) is 5.91 Å². The lowest BCUT2D eigenvalue weighted by Gasteiger charge is -2.33. The molecule has 156 valence electrons. The molecule has 3 fully saturated rings. The number of pyridine rings is 1. The van der Waals surface area contributed by atoms with Crippen LogP contribution in [0.1, 0.15) is 51.0 Å². The molecule has 8 heteroatoms. The summed E-state index contributed by atoms with van der Waals surface area (Å²) in [5.41, 5.74) is 0.0791. The van der Waals surface area contributed by atoms with Crippen LogP contribution in [-0.4, -0.2) is 52.9 Å². The van der Waals surface area contributed by atoms with Gasteiger partial charge in [0.05, 0.1) is 0 Å². The fraction of sp³-hybridized carbons (Fsp3) is 0.619. The molecule has 1 spiro atoms. The number of anilines is 1. The van der Waals surface area contributed by atoms with Crippen molar-refractivity contribution < 1.29 is 14.4 Å². The first-order valence-electron chi connectivity index (χ1n) is 10.6. The minimum atomic E-state index is -0.806. The number of urea groups is 1. The van der Waals surface area contributed by atoms with Crippen LogP contribution >= 0.6 is 0 Å². The maximum Gasteiger partial charge on any atom is 0.325 e. The Morgan fingerprint density at radius 2 is 1.97 bits per heavy atom. The van der Waals surface area contributed by atoms with Crippen molar-refractivity contribution in [3.8, 4) is 0 Å². The average molecular weight is 399 g/mol. The molecule has 4 rings (SSSR count). The van der Waals surface area contributed by atoms with E-state index in [4.69, 9.17) is 0 Å². The molecule has 0 atom stereocenters. The Labute approximate surface area is 171 Å². The second-order valence-electron chi connectivity index (χ2n) is 8.58. The summed E-state index contributed by atoms with van der Waals surface area (Å²) in [6, 6.07) is 3.46. The van der Waals surface area contributed by atoms with E-state index < -0.39 is 11.6 Å². The zero-order valence-electron chi connectivity index (χ0n) is 16.9. The normalized spacial score (nSPS) is 26.9. The van der Waals surface area contributed by atoms with E-state index in [-0.39, 0.29) is 18.4 Å². The highest BCUT2D eigenvalue weighted by Crippen LogP contribution is 2.36. The van der Waals surface area contributed by atoms with E-state index in [2.05, 4.69) is 27.4 Å². The number of imide groups is 1. The lowest BCUT2D eigenvalue weighted by Crippen LogP contribution is -2.49. The molecule has 0 aromatic carbocycles. The summed E-state index contributed by atoms with van der Waals surface area (Å²) in [7, 11) is 0. The SMILES string of the molecule is CC1CCC2(CC1)NC(=O)N(CC(=O)NCc1ccc(N3CCCC3)nc1)C2=O. The van der Waals surface area contributed by atoms with E-state index in [1.807, 2.05) is 12.1 Å². The number of rotatable bonds is 5. The van der Waals surface area contributed by atoms with E-state index in [0.717, 1.165) is 42.2 Å². The van der Waals surface area contributed by atoms with Crippen molar-refractivity contribution in [2.45, 2.75) is 57.5 Å². The maximum absolute atomic E-state index is 12.8. The predicted molar refractivity (Wildman–Crippen MR) is 108 cm³/mol. The lowest BCUT2D eigenvalue weighted by atomic mass is 9.77. The number of nitrogens with one attached hydrogen (secondary N) is 2. The summed E-state index contributed by atoms with van der Waals surface area (Å²) in [5.74, 6) is 0.914. The number of hydrogen-bond donors (Lipinski definition) is 2. The number of amides is 4. The third-order valence-corrected chi connectivity index (χ3v) is 6.40. The Bertz CT molecular complexity index is 780. The van der Waals surface area contributed by atoms with Crippen molar-refractivity contribution in [2.24, 2.45) is 5.92 Å². The van der Waals surface area contributed by atoms with E-state index >= 15 is 0 Å². The average Bonchev–Trinajstić information content (AvgIpc) is 3.33. The zero-order chi connectivity index (χ0) is 20.4. The van der Waals surface area contributed by atoms with Crippen molar-refractivity contribution in [3.05, 3.63) is 23.9 Å². The van der Waals surface area contributed by atoms with E-state index in [1.54, 1.807) is 6.20 Å². The standard InChI is InChI=1S/C21H29N5O3/c1-15-6-8-21(9-7-15)19(28)26(20(29)24-21)14-18(27)23-13-16-4-5-17(22-12-16)25-10-2-3-11-25/h4-5,12,15H,2-3,6-11,13-14H2,1H3,(H,23,27)(H,24,29). The third kappa shape index (κ3) is 4.06. The molecule has 2 saturated heterocycles. The molecule has 2 aliphatic heterocycles. The Hall–Kier alpha value is -2.64. The first kappa shape index (κ1) is 19.7. The highest BCUT2D eigenvalue weighted by atomic mass is 16.2. The van der Waals surface area contributed by atoms with Gasteiger partial charge in [-0.25, -0.2) is 9.78 Å². The Morgan fingerprint density at radius 1 is 1.24 bits per heavy atom. The van der Waals surface area contributed by atoms with Crippen LogP contribution in [0, 0.1) is 5.92 Å². The Balaban J connectivity index is 1.29. The summed E-state index contributed by atoms with van der Waals surface area (Å²) in [5, 5.41) is 5.63. The summed E-state index contributed by atoms with van der Waals surface area (Å²) < 4.78 is 0. The van der Waals surface area contributed by atoms with Gasteiger partial charge in [-0.2, -0.15) is 0 Å². The van der Waals surface area contributed by atoms with Gasteiger partial charge in [0.1, 0.15) is 17.9 Å². The quantitative estimate of drug-likeness (QED) is 0.737. The van der Waals surface area contributed by atoms with Gasteiger partial charge in [0.15, 0.2) is 0 Å². The van der Waals surface area contributed by atoms with Crippen molar-refractivity contribution in [1.82, 2.24) is 20.5 Å².